The highest BCUT2D eigenvalue weighted by atomic mass is 79.9. The van der Waals surface area contributed by atoms with E-state index >= 15 is 0 Å². The van der Waals surface area contributed by atoms with Gasteiger partial charge >= 0.3 is 0 Å². The van der Waals surface area contributed by atoms with E-state index in [4.69, 9.17) is 0 Å². The van der Waals surface area contributed by atoms with E-state index in [0.29, 0.717) is 5.41 Å². The molecule has 1 aromatic heterocycles. The van der Waals surface area contributed by atoms with E-state index < -0.39 is 0 Å². The van der Waals surface area contributed by atoms with E-state index in [1.54, 1.807) is 0 Å². The first-order valence-corrected chi connectivity index (χ1v) is 8.85. The summed E-state index contributed by atoms with van der Waals surface area (Å²) in [5, 5.41) is 3.56. The first-order chi connectivity index (χ1) is 8.30. The van der Waals surface area contributed by atoms with Crippen LogP contribution in [0.3, 0.4) is 0 Å². The zero-order valence-electron chi connectivity index (χ0n) is 11.6. The van der Waals surface area contributed by atoms with Crippen LogP contribution >= 0.6 is 43.2 Å². The van der Waals surface area contributed by atoms with Gasteiger partial charge < -0.3 is 5.32 Å². The van der Waals surface area contributed by atoms with Crippen molar-refractivity contribution < 1.29 is 0 Å². The van der Waals surface area contributed by atoms with Crippen LogP contribution in [0.1, 0.15) is 39.0 Å². The summed E-state index contributed by atoms with van der Waals surface area (Å²) in [7, 11) is 0. The third-order valence-corrected chi connectivity index (χ3v) is 6.22. The lowest BCUT2D eigenvalue weighted by Crippen LogP contribution is -2.32. The minimum atomic E-state index is 0.359. The molecule has 0 aliphatic rings. The van der Waals surface area contributed by atoms with Gasteiger partial charge in [0.1, 0.15) is 0 Å². The molecule has 0 aliphatic carbocycles. The lowest BCUT2D eigenvalue weighted by molar-refractivity contribution is 0.309. The molecule has 0 saturated heterocycles. The Balaban J connectivity index is 2.36. The molecule has 1 aromatic rings. The van der Waals surface area contributed by atoms with Crippen molar-refractivity contribution in [3.8, 4) is 0 Å². The van der Waals surface area contributed by atoms with Gasteiger partial charge in [0.15, 0.2) is 0 Å². The second kappa shape index (κ2) is 7.41. The number of hydrogen-bond donors (Lipinski definition) is 1. The van der Waals surface area contributed by atoms with Crippen LogP contribution in [0.4, 0.5) is 0 Å². The SMILES string of the molecule is CC(C)CNCC(C)(C)CCc1cc(Br)c(Br)s1. The maximum absolute atomic E-state index is 3.56. The van der Waals surface area contributed by atoms with E-state index in [9.17, 15) is 0 Å². The van der Waals surface area contributed by atoms with Crippen LogP contribution in [0.2, 0.25) is 0 Å². The summed E-state index contributed by atoms with van der Waals surface area (Å²) >= 11 is 8.93. The predicted octanol–water partition coefficient (Wildman–Crippen LogP) is 5.48. The first-order valence-electron chi connectivity index (χ1n) is 6.44. The van der Waals surface area contributed by atoms with Crippen molar-refractivity contribution in [1.82, 2.24) is 5.32 Å². The number of hydrogen-bond acceptors (Lipinski definition) is 2. The van der Waals surface area contributed by atoms with E-state index in [1.165, 1.54) is 19.6 Å². The molecule has 4 heteroatoms. The standard InChI is InChI=1S/C14H23Br2NS/c1-10(2)8-17-9-14(3,4)6-5-11-7-12(15)13(16)18-11/h7,10,17H,5-6,8-9H2,1-4H3. The minimum absolute atomic E-state index is 0.359. The average Bonchev–Trinajstić information content (AvgIpc) is 2.55. The summed E-state index contributed by atoms with van der Waals surface area (Å²) in [6, 6.07) is 2.23. The molecule has 0 saturated carbocycles. The van der Waals surface area contributed by atoms with Crippen molar-refractivity contribution in [2.45, 2.75) is 40.5 Å². The molecule has 1 N–H and O–H groups in total. The Kier molecular flexibility index (Phi) is 6.87. The summed E-state index contributed by atoms with van der Waals surface area (Å²) in [6.07, 6.45) is 2.38. The summed E-state index contributed by atoms with van der Waals surface area (Å²) < 4.78 is 2.38. The number of nitrogens with one attached hydrogen (secondary N) is 1. The van der Waals surface area contributed by atoms with Crippen LogP contribution in [0.15, 0.2) is 14.3 Å². The number of halogens is 2. The first kappa shape index (κ1) is 16.7. The summed E-state index contributed by atoms with van der Waals surface area (Å²) in [5.74, 6) is 0.727. The molecule has 1 rings (SSSR count). The highest BCUT2D eigenvalue weighted by Gasteiger charge is 2.18. The van der Waals surface area contributed by atoms with Crippen LogP contribution in [0, 0.1) is 11.3 Å². The normalized spacial score (nSPS) is 12.4. The molecule has 1 nitrogen and oxygen atoms in total. The van der Waals surface area contributed by atoms with E-state index in [-0.39, 0.29) is 0 Å². The van der Waals surface area contributed by atoms with E-state index in [1.807, 2.05) is 11.3 Å². The molecule has 0 aliphatic heterocycles. The summed E-state index contributed by atoms with van der Waals surface area (Å²) in [4.78, 5) is 1.45. The van der Waals surface area contributed by atoms with Crippen LogP contribution in [0.25, 0.3) is 0 Å². The topological polar surface area (TPSA) is 12.0 Å². The van der Waals surface area contributed by atoms with Crippen molar-refractivity contribution in [1.29, 1.82) is 0 Å². The third-order valence-electron chi connectivity index (χ3n) is 2.90. The monoisotopic (exact) mass is 395 g/mol. The van der Waals surface area contributed by atoms with Crippen molar-refractivity contribution in [3.05, 3.63) is 19.2 Å². The summed E-state index contributed by atoms with van der Waals surface area (Å²) in [5.41, 5.74) is 0.359. The van der Waals surface area contributed by atoms with Gasteiger partial charge in [-0.3, -0.25) is 0 Å². The zero-order chi connectivity index (χ0) is 13.8. The Hall–Kier alpha value is 0.620. The molecule has 104 valence electrons. The van der Waals surface area contributed by atoms with Crippen molar-refractivity contribution in [2.75, 3.05) is 13.1 Å². The number of rotatable bonds is 7. The van der Waals surface area contributed by atoms with Gasteiger partial charge in [-0.2, -0.15) is 0 Å². The van der Waals surface area contributed by atoms with Gasteiger partial charge in [-0.05, 0) is 68.6 Å². The molecule has 0 atom stereocenters. The highest BCUT2D eigenvalue weighted by molar-refractivity contribution is 9.13. The van der Waals surface area contributed by atoms with Gasteiger partial charge in [0.25, 0.3) is 0 Å². The third kappa shape index (κ3) is 6.18. The lowest BCUT2D eigenvalue weighted by atomic mass is 9.87. The summed E-state index contributed by atoms with van der Waals surface area (Å²) in [6.45, 7) is 11.4. The largest absolute Gasteiger partial charge is 0.316 e. The van der Waals surface area contributed by atoms with E-state index in [2.05, 4.69) is 70.9 Å². The van der Waals surface area contributed by atoms with Crippen molar-refractivity contribution in [3.63, 3.8) is 0 Å². The van der Waals surface area contributed by atoms with Crippen LogP contribution in [0.5, 0.6) is 0 Å². The number of aryl methyl sites for hydroxylation is 1. The average molecular weight is 397 g/mol. The minimum Gasteiger partial charge on any atom is -0.316 e. The molecule has 1 heterocycles. The van der Waals surface area contributed by atoms with Crippen LogP contribution in [-0.2, 0) is 6.42 Å². The maximum Gasteiger partial charge on any atom is 0.0843 e. The highest BCUT2D eigenvalue weighted by Crippen LogP contribution is 2.34. The van der Waals surface area contributed by atoms with Crippen LogP contribution < -0.4 is 5.32 Å². The Labute approximate surface area is 132 Å². The van der Waals surface area contributed by atoms with Gasteiger partial charge in [-0.1, -0.05) is 27.7 Å². The molecular formula is C14H23Br2NS. The van der Waals surface area contributed by atoms with Gasteiger partial charge in [0, 0.05) is 15.9 Å². The van der Waals surface area contributed by atoms with Crippen molar-refractivity contribution in [2.24, 2.45) is 11.3 Å². The molecule has 0 spiro atoms. The maximum atomic E-state index is 3.56. The Morgan fingerprint density at radius 2 is 2.00 bits per heavy atom. The molecule has 18 heavy (non-hydrogen) atoms. The second-order valence-corrected chi connectivity index (χ2v) is 9.33. The van der Waals surface area contributed by atoms with Gasteiger partial charge in [0.05, 0.1) is 3.79 Å². The molecule has 0 fully saturated rings. The molecular weight excluding hydrogens is 374 g/mol. The van der Waals surface area contributed by atoms with Crippen LogP contribution in [-0.4, -0.2) is 13.1 Å². The molecule has 0 aromatic carbocycles. The smallest absolute Gasteiger partial charge is 0.0843 e. The quantitative estimate of drug-likeness (QED) is 0.643. The lowest BCUT2D eigenvalue weighted by Gasteiger charge is -2.25. The Bertz CT molecular complexity index is 352. The fraction of sp³-hybridized carbons (Fsp3) is 0.714. The zero-order valence-corrected chi connectivity index (χ0v) is 15.6. The second-order valence-electron chi connectivity index (χ2n) is 6.02. The predicted molar refractivity (Wildman–Crippen MR) is 89.5 cm³/mol. The molecule has 0 unspecified atom stereocenters. The Morgan fingerprint density at radius 1 is 1.33 bits per heavy atom. The fourth-order valence-electron chi connectivity index (χ4n) is 1.76. The Morgan fingerprint density at radius 3 is 2.50 bits per heavy atom. The number of thiophene rings is 1. The molecule has 0 radical (unpaired) electrons. The fourth-order valence-corrected chi connectivity index (χ4v) is 3.94. The van der Waals surface area contributed by atoms with E-state index in [0.717, 1.165) is 25.4 Å². The van der Waals surface area contributed by atoms with Gasteiger partial charge in [-0.15, -0.1) is 11.3 Å². The molecule has 0 amide bonds. The van der Waals surface area contributed by atoms with Gasteiger partial charge in [-0.25, -0.2) is 0 Å². The molecule has 0 bridgehead atoms. The van der Waals surface area contributed by atoms with Crippen molar-refractivity contribution >= 4 is 43.2 Å². The van der Waals surface area contributed by atoms with Gasteiger partial charge in [0.2, 0.25) is 0 Å².